The molecule has 1 heterocycles. The minimum Gasteiger partial charge on any atom is -0.481 e. The smallest absolute Gasteiger partial charge is 0.306 e. The van der Waals surface area contributed by atoms with Gasteiger partial charge in [0.15, 0.2) is 0 Å². The number of benzene rings is 1. The number of carboxylic acids is 1. The molecule has 0 saturated heterocycles. The van der Waals surface area contributed by atoms with Crippen LogP contribution in [-0.4, -0.2) is 11.1 Å². The van der Waals surface area contributed by atoms with Gasteiger partial charge in [-0.1, -0.05) is 31.2 Å². The summed E-state index contributed by atoms with van der Waals surface area (Å²) in [5.74, 6) is -0.623. The fourth-order valence-corrected chi connectivity index (χ4v) is 3.61. The normalized spacial score (nSPS) is 31.1. The monoisotopic (exact) mass is 260 g/mol. The molecule has 1 fully saturated rings. The van der Waals surface area contributed by atoms with Gasteiger partial charge in [0, 0.05) is 0 Å². The lowest BCUT2D eigenvalue weighted by Gasteiger charge is -2.38. The van der Waals surface area contributed by atoms with Crippen LogP contribution in [0.1, 0.15) is 43.7 Å². The van der Waals surface area contributed by atoms with Crippen LogP contribution in [0.15, 0.2) is 24.3 Å². The van der Waals surface area contributed by atoms with Gasteiger partial charge < -0.3 is 9.84 Å². The number of hydrogen-bond acceptors (Lipinski definition) is 2. The second-order valence-corrected chi connectivity index (χ2v) is 5.90. The first kappa shape index (κ1) is 12.7. The first-order valence-electron chi connectivity index (χ1n) is 7.07. The molecule has 1 saturated carbocycles. The largest absolute Gasteiger partial charge is 0.481 e. The minimum atomic E-state index is -0.673. The van der Waals surface area contributed by atoms with Crippen molar-refractivity contribution in [2.45, 2.75) is 44.8 Å². The van der Waals surface area contributed by atoms with E-state index in [4.69, 9.17) is 9.84 Å². The summed E-state index contributed by atoms with van der Waals surface area (Å²) >= 11 is 0. The fourth-order valence-electron chi connectivity index (χ4n) is 3.61. The Balaban J connectivity index is 1.76. The zero-order valence-electron chi connectivity index (χ0n) is 11.3. The van der Waals surface area contributed by atoms with E-state index in [-0.39, 0.29) is 11.5 Å². The lowest BCUT2D eigenvalue weighted by Crippen LogP contribution is -2.34. The molecule has 1 aliphatic carbocycles. The molecule has 102 valence electrons. The van der Waals surface area contributed by atoms with Gasteiger partial charge >= 0.3 is 5.97 Å². The molecule has 1 atom stereocenters. The molecule has 0 bridgehead atoms. The van der Waals surface area contributed by atoms with Crippen LogP contribution in [0.2, 0.25) is 0 Å². The summed E-state index contributed by atoms with van der Waals surface area (Å²) in [6, 6.07) is 8.43. The molecule has 1 spiro atoms. The highest BCUT2D eigenvalue weighted by molar-refractivity contribution is 5.69. The van der Waals surface area contributed by atoms with Gasteiger partial charge in [0.1, 0.15) is 0 Å². The van der Waals surface area contributed by atoms with Crippen molar-refractivity contribution < 1.29 is 14.6 Å². The number of carbonyl (C=O) groups is 1. The summed E-state index contributed by atoms with van der Waals surface area (Å²) < 4.78 is 6.09. The molecule has 3 heteroatoms. The summed E-state index contributed by atoms with van der Waals surface area (Å²) in [6.45, 7) is 2.53. The maximum absolute atomic E-state index is 11.1. The maximum Gasteiger partial charge on any atom is 0.306 e. The maximum atomic E-state index is 11.1. The molecule has 2 aliphatic rings. The van der Waals surface area contributed by atoms with Gasteiger partial charge in [-0.25, -0.2) is 0 Å². The predicted octanol–water partition coefficient (Wildman–Crippen LogP) is 3.32. The Bertz CT molecular complexity index is 487. The second kappa shape index (κ2) is 4.64. The van der Waals surface area contributed by atoms with Crippen molar-refractivity contribution in [3.8, 4) is 0 Å². The topological polar surface area (TPSA) is 46.5 Å². The van der Waals surface area contributed by atoms with Gasteiger partial charge in [-0.15, -0.1) is 0 Å². The van der Waals surface area contributed by atoms with Crippen molar-refractivity contribution in [1.29, 1.82) is 0 Å². The lowest BCUT2D eigenvalue weighted by atomic mass is 9.71. The van der Waals surface area contributed by atoms with Crippen molar-refractivity contribution in [3.05, 3.63) is 35.4 Å². The fraction of sp³-hybridized carbons (Fsp3) is 0.562. The van der Waals surface area contributed by atoms with Crippen LogP contribution >= 0.6 is 0 Å². The van der Waals surface area contributed by atoms with E-state index in [2.05, 4.69) is 24.3 Å². The average molecular weight is 260 g/mol. The molecular weight excluding hydrogens is 240 g/mol. The third-order valence-electron chi connectivity index (χ3n) is 4.95. The van der Waals surface area contributed by atoms with Crippen LogP contribution in [-0.2, 0) is 21.7 Å². The zero-order chi connectivity index (χ0) is 13.5. The van der Waals surface area contributed by atoms with Gasteiger partial charge in [-0.05, 0) is 42.7 Å². The van der Waals surface area contributed by atoms with E-state index < -0.39 is 5.97 Å². The standard InChI is InChI=1S/C16H20O3/c1-11(15(17)18)12-6-8-16(9-7-12)14-5-3-2-4-13(14)10-19-16/h2-5,11-12H,6-10H2,1H3,(H,17,18). The van der Waals surface area contributed by atoms with E-state index in [0.29, 0.717) is 12.5 Å². The predicted molar refractivity (Wildman–Crippen MR) is 71.7 cm³/mol. The lowest BCUT2D eigenvalue weighted by molar-refractivity contribution is -0.145. The van der Waals surface area contributed by atoms with Crippen LogP contribution in [0.5, 0.6) is 0 Å². The second-order valence-electron chi connectivity index (χ2n) is 5.90. The molecule has 1 N–H and O–H groups in total. The highest BCUT2D eigenvalue weighted by Crippen LogP contribution is 2.49. The number of carboxylic acid groups (broad SMARTS) is 1. The van der Waals surface area contributed by atoms with Crippen LogP contribution in [0.3, 0.4) is 0 Å². The van der Waals surface area contributed by atoms with Crippen molar-refractivity contribution in [2.75, 3.05) is 0 Å². The van der Waals surface area contributed by atoms with Gasteiger partial charge in [-0.3, -0.25) is 4.79 Å². The number of ether oxygens (including phenoxy) is 1. The SMILES string of the molecule is CC(C(=O)O)C1CCC2(CC1)OCc1ccccc12. The Morgan fingerprint density at radius 2 is 2.05 bits per heavy atom. The number of fused-ring (bicyclic) bond motifs is 2. The Hall–Kier alpha value is -1.35. The van der Waals surface area contributed by atoms with Gasteiger partial charge in [0.2, 0.25) is 0 Å². The van der Waals surface area contributed by atoms with E-state index in [0.717, 1.165) is 25.7 Å². The van der Waals surface area contributed by atoms with Gasteiger partial charge in [0.25, 0.3) is 0 Å². The van der Waals surface area contributed by atoms with E-state index in [1.807, 2.05) is 6.92 Å². The molecule has 3 rings (SSSR count). The molecule has 1 aromatic carbocycles. The van der Waals surface area contributed by atoms with E-state index >= 15 is 0 Å². The minimum absolute atomic E-state index is 0.134. The molecule has 1 unspecified atom stereocenters. The Morgan fingerprint density at radius 1 is 1.37 bits per heavy atom. The van der Waals surface area contributed by atoms with Crippen molar-refractivity contribution in [1.82, 2.24) is 0 Å². The zero-order valence-corrected chi connectivity index (χ0v) is 11.3. The Labute approximate surface area is 113 Å². The van der Waals surface area contributed by atoms with E-state index in [9.17, 15) is 4.79 Å². The third kappa shape index (κ3) is 2.06. The summed E-state index contributed by atoms with van der Waals surface area (Å²) in [7, 11) is 0. The highest BCUT2D eigenvalue weighted by Gasteiger charge is 2.44. The molecule has 0 amide bonds. The summed E-state index contributed by atoms with van der Waals surface area (Å²) in [6.07, 6.45) is 3.79. The van der Waals surface area contributed by atoms with Crippen LogP contribution in [0, 0.1) is 11.8 Å². The first-order valence-corrected chi connectivity index (χ1v) is 7.07. The number of hydrogen-bond donors (Lipinski definition) is 1. The first-order chi connectivity index (χ1) is 9.12. The quantitative estimate of drug-likeness (QED) is 0.887. The van der Waals surface area contributed by atoms with E-state index in [1.54, 1.807) is 0 Å². The van der Waals surface area contributed by atoms with Crippen molar-refractivity contribution in [3.63, 3.8) is 0 Å². The summed E-state index contributed by atoms with van der Waals surface area (Å²) in [5.41, 5.74) is 2.49. The molecule has 19 heavy (non-hydrogen) atoms. The third-order valence-corrected chi connectivity index (χ3v) is 4.95. The van der Waals surface area contributed by atoms with Crippen molar-refractivity contribution in [2.24, 2.45) is 11.8 Å². The summed E-state index contributed by atoms with van der Waals surface area (Å²) in [5, 5.41) is 9.12. The molecular formula is C16H20O3. The van der Waals surface area contributed by atoms with Crippen molar-refractivity contribution >= 4 is 5.97 Å². The van der Waals surface area contributed by atoms with Crippen LogP contribution in [0.4, 0.5) is 0 Å². The molecule has 1 aromatic rings. The average Bonchev–Trinajstić information content (AvgIpc) is 2.78. The van der Waals surface area contributed by atoms with Gasteiger partial charge in [-0.2, -0.15) is 0 Å². The van der Waals surface area contributed by atoms with Gasteiger partial charge in [0.05, 0.1) is 18.1 Å². The number of aliphatic carboxylic acids is 1. The molecule has 0 aromatic heterocycles. The highest BCUT2D eigenvalue weighted by atomic mass is 16.5. The van der Waals surface area contributed by atoms with E-state index in [1.165, 1.54) is 11.1 Å². The Morgan fingerprint density at radius 3 is 2.74 bits per heavy atom. The summed E-state index contributed by atoms with van der Waals surface area (Å²) in [4.78, 5) is 11.1. The molecule has 0 radical (unpaired) electrons. The Kier molecular flexibility index (Phi) is 3.09. The number of rotatable bonds is 2. The molecule has 3 nitrogen and oxygen atoms in total. The molecule has 1 aliphatic heterocycles. The van der Waals surface area contributed by atoms with Crippen LogP contribution < -0.4 is 0 Å². The van der Waals surface area contributed by atoms with Crippen LogP contribution in [0.25, 0.3) is 0 Å².